The molecular weight excluding hydrogens is 486 g/mol. The van der Waals surface area contributed by atoms with Crippen molar-refractivity contribution in [3.05, 3.63) is 152 Å². The van der Waals surface area contributed by atoms with E-state index in [1.165, 1.54) is 9.13 Å². The Kier molecular flexibility index (Phi) is 7.10. The second-order valence-electron chi connectivity index (χ2n) is 9.79. The lowest BCUT2D eigenvalue weighted by Crippen LogP contribution is -2.17. The van der Waals surface area contributed by atoms with Crippen molar-refractivity contribution >= 4 is 5.91 Å². The molecule has 2 N–H and O–H groups in total. The molecule has 3 aromatic carbocycles. The lowest BCUT2D eigenvalue weighted by atomic mass is 9.91. The Morgan fingerprint density at radius 2 is 1.03 bits per heavy atom. The molecule has 194 valence electrons. The van der Waals surface area contributed by atoms with E-state index in [0.717, 1.165) is 44.5 Å². The van der Waals surface area contributed by atoms with E-state index in [1.54, 1.807) is 38.6 Å². The summed E-state index contributed by atoms with van der Waals surface area (Å²) in [6.45, 7) is 0. The lowest BCUT2D eigenvalue weighted by Gasteiger charge is -2.14. The average molecular weight is 516 g/mol. The van der Waals surface area contributed by atoms with Crippen molar-refractivity contribution in [2.24, 2.45) is 19.8 Å². The Bertz CT molecular complexity index is 1660. The quantitative estimate of drug-likeness (QED) is 0.341. The summed E-state index contributed by atoms with van der Waals surface area (Å²) in [5.74, 6) is -0.450. The number of hydrogen-bond acceptors (Lipinski definition) is 3. The number of nitrogens with two attached hydrogens (primary N) is 1. The van der Waals surface area contributed by atoms with Gasteiger partial charge >= 0.3 is 0 Å². The fraction of sp³-hybridized carbons (Fsp3) is 0.121. The van der Waals surface area contributed by atoms with E-state index in [9.17, 15) is 14.4 Å². The number of primary amides is 1. The molecule has 0 saturated carbocycles. The van der Waals surface area contributed by atoms with Crippen LogP contribution >= 0.6 is 0 Å². The van der Waals surface area contributed by atoms with Crippen LogP contribution in [0.2, 0.25) is 0 Å². The third-order valence-electron chi connectivity index (χ3n) is 7.06. The van der Waals surface area contributed by atoms with E-state index in [4.69, 9.17) is 5.73 Å². The van der Waals surface area contributed by atoms with Crippen LogP contribution in [-0.4, -0.2) is 15.0 Å². The highest BCUT2D eigenvalue weighted by Gasteiger charge is 2.15. The summed E-state index contributed by atoms with van der Waals surface area (Å²) in [5.41, 5.74) is 13.8. The largest absolute Gasteiger partial charge is 0.366 e. The van der Waals surface area contributed by atoms with Gasteiger partial charge in [-0.2, -0.15) is 0 Å². The number of nitrogens with zero attached hydrogens (tertiary/aromatic N) is 2. The fourth-order valence-electron chi connectivity index (χ4n) is 4.79. The molecule has 39 heavy (non-hydrogen) atoms. The van der Waals surface area contributed by atoms with Crippen molar-refractivity contribution in [1.82, 2.24) is 9.13 Å². The van der Waals surface area contributed by atoms with Gasteiger partial charge in [0.05, 0.1) is 0 Å². The van der Waals surface area contributed by atoms with Gasteiger partial charge in [0.25, 0.3) is 11.1 Å². The molecule has 0 unspecified atom stereocenters. The molecular formula is C33H29N3O3. The molecule has 6 nitrogen and oxygen atoms in total. The number of benzene rings is 3. The first kappa shape index (κ1) is 25.7. The first-order valence-electron chi connectivity index (χ1n) is 12.7. The van der Waals surface area contributed by atoms with Gasteiger partial charge in [0.1, 0.15) is 0 Å². The van der Waals surface area contributed by atoms with Crippen molar-refractivity contribution in [1.29, 1.82) is 0 Å². The maximum absolute atomic E-state index is 12.6. The maximum atomic E-state index is 12.6. The van der Waals surface area contributed by atoms with Crippen molar-refractivity contribution in [2.75, 3.05) is 0 Å². The number of rotatable bonds is 7. The van der Waals surface area contributed by atoms with Crippen LogP contribution in [0.1, 0.15) is 32.6 Å². The highest BCUT2D eigenvalue weighted by molar-refractivity contribution is 5.96. The van der Waals surface area contributed by atoms with Crippen molar-refractivity contribution in [3.63, 3.8) is 0 Å². The van der Waals surface area contributed by atoms with Gasteiger partial charge in [-0.1, -0.05) is 66.7 Å². The van der Waals surface area contributed by atoms with Gasteiger partial charge in [0.15, 0.2) is 0 Å². The second-order valence-corrected chi connectivity index (χ2v) is 9.79. The van der Waals surface area contributed by atoms with Crippen LogP contribution in [0.5, 0.6) is 0 Å². The zero-order chi connectivity index (χ0) is 27.5. The number of hydrogen-bond donors (Lipinski definition) is 1. The monoisotopic (exact) mass is 515 g/mol. The molecule has 0 aliphatic carbocycles. The van der Waals surface area contributed by atoms with E-state index in [-0.39, 0.29) is 11.1 Å². The first-order chi connectivity index (χ1) is 18.8. The summed E-state index contributed by atoms with van der Waals surface area (Å²) in [6.07, 6.45) is 4.64. The van der Waals surface area contributed by atoms with Gasteiger partial charge in [-0.3, -0.25) is 14.4 Å². The molecule has 2 aromatic heterocycles. The number of aryl methyl sites for hydroxylation is 2. The number of pyridine rings is 2. The maximum Gasteiger partial charge on any atom is 0.250 e. The van der Waals surface area contributed by atoms with Crippen LogP contribution in [0.25, 0.3) is 22.3 Å². The molecule has 0 radical (unpaired) electrons. The SMILES string of the molecule is Cn1ccc(-c2ccc(Cc3cccc(Cc4ccc(-c5ccn(C)c(=O)c5)cc4)c3C(N)=O)cc2)cc1=O. The van der Waals surface area contributed by atoms with Gasteiger partial charge in [0.2, 0.25) is 5.91 Å². The third-order valence-corrected chi connectivity index (χ3v) is 7.06. The third kappa shape index (κ3) is 5.65. The molecule has 0 aliphatic heterocycles. The zero-order valence-corrected chi connectivity index (χ0v) is 21.9. The normalized spacial score (nSPS) is 10.9. The molecule has 0 bridgehead atoms. The van der Waals surface area contributed by atoms with Crippen LogP contribution in [0.3, 0.4) is 0 Å². The Balaban J connectivity index is 1.37. The van der Waals surface area contributed by atoms with Crippen molar-refractivity contribution < 1.29 is 4.79 Å². The smallest absolute Gasteiger partial charge is 0.250 e. The zero-order valence-electron chi connectivity index (χ0n) is 21.9. The highest BCUT2D eigenvalue weighted by atomic mass is 16.1. The van der Waals surface area contributed by atoms with Gasteiger partial charge in [-0.25, -0.2) is 0 Å². The Hall–Kier alpha value is -4.97. The van der Waals surface area contributed by atoms with E-state index >= 15 is 0 Å². The van der Waals surface area contributed by atoms with E-state index in [2.05, 4.69) is 0 Å². The van der Waals surface area contributed by atoms with Crippen LogP contribution in [0.4, 0.5) is 0 Å². The molecule has 0 spiro atoms. The molecule has 0 saturated heterocycles. The van der Waals surface area contributed by atoms with Crippen LogP contribution in [-0.2, 0) is 26.9 Å². The van der Waals surface area contributed by atoms with Gasteiger partial charge < -0.3 is 14.9 Å². The minimum atomic E-state index is -0.450. The molecule has 2 heterocycles. The van der Waals surface area contributed by atoms with Crippen molar-refractivity contribution in [2.45, 2.75) is 12.8 Å². The Morgan fingerprint density at radius 3 is 1.38 bits per heavy atom. The standard InChI is InChI=1S/C33H29N3O3/c1-35-16-14-26(20-30(35)37)24-10-6-22(7-11-24)18-28-4-3-5-29(32(28)33(34)39)19-23-8-12-25(13-9-23)27-15-17-36(2)31(38)21-27/h3-17,20-21H,18-19H2,1-2H3,(H2,34,39). The van der Waals surface area contributed by atoms with Crippen LogP contribution in [0.15, 0.2) is 113 Å². The molecule has 0 aliphatic rings. The minimum Gasteiger partial charge on any atom is -0.366 e. The summed E-state index contributed by atoms with van der Waals surface area (Å²) < 4.78 is 3.08. The summed E-state index contributed by atoms with van der Waals surface area (Å²) >= 11 is 0. The van der Waals surface area contributed by atoms with Gasteiger partial charge in [-0.05, 0) is 69.5 Å². The minimum absolute atomic E-state index is 0.0556. The Morgan fingerprint density at radius 1 is 0.615 bits per heavy atom. The number of aromatic nitrogens is 2. The Labute approximate surface area is 226 Å². The number of amides is 1. The van der Waals surface area contributed by atoms with E-state index in [1.807, 2.05) is 78.9 Å². The average Bonchev–Trinajstić information content (AvgIpc) is 2.93. The van der Waals surface area contributed by atoms with E-state index < -0.39 is 5.91 Å². The predicted molar refractivity (Wildman–Crippen MR) is 155 cm³/mol. The van der Waals surface area contributed by atoms with Crippen LogP contribution < -0.4 is 16.9 Å². The molecule has 5 aromatic rings. The summed E-state index contributed by atoms with van der Waals surface area (Å²) in [6, 6.07) is 28.9. The first-order valence-corrected chi connectivity index (χ1v) is 12.7. The van der Waals surface area contributed by atoms with Crippen molar-refractivity contribution in [3.8, 4) is 22.3 Å². The fourth-order valence-corrected chi connectivity index (χ4v) is 4.79. The summed E-state index contributed by atoms with van der Waals surface area (Å²) in [5, 5.41) is 0. The van der Waals surface area contributed by atoms with Gasteiger partial charge in [0, 0.05) is 44.2 Å². The van der Waals surface area contributed by atoms with Gasteiger partial charge in [-0.15, -0.1) is 0 Å². The predicted octanol–water partition coefficient (Wildman–Crippen LogP) is 4.70. The number of carbonyl (C=O) groups excluding carboxylic acids is 1. The second kappa shape index (κ2) is 10.8. The molecule has 0 fully saturated rings. The molecule has 1 amide bonds. The summed E-state index contributed by atoms with van der Waals surface area (Å²) in [4.78, 5) is 36.6. The van der Waals surface area contributed by atoms with Crippen LogP contribution in [0, 0.1) is 0 Å². The summed E-state index contributed by atoms with van der Waals surface area (Å²) in [7, 11) is 3.45. The number of carbonyl (C=O) groups is 1. The van der Waals surface area contributed by atoms with E-state index in [0.29, 0.717) is 18.4 Å². The topological polar surface area (TPSA) is 87.1 Å². The molecule has 0 atom stereocenters. The molecule has 5 rings (SSSR count). The highest BCUT2D eigenvalue weighted by Crippen LogP contribution is 2.25. The lowest BCUT2D eigenvalue weighted by molar-refractivity contribution is 0.0998. The molecule has 6 heteroatoms.